The Morgan fingerprint density at radius 1 is 1.43 bits per heavy atom. The molecule has 2 rings (SSSR count). The summed E-state index contributed by atoms with van der Waals surface area (Å²) in [4.78, 5) is 1.22. The van der Waals surface area contributed by atoms with Crippen LogP contribution in [0.3, 0.4) is 0 Å². The van der Waals surface area contributed by atoms with Gasteiger partial charge in [-0.3, -0.25) is 5.84 Å². The van der Waals surface area contributed by atoms with Crippen molar-refractivity contribution in [3.05, 3.63) is 43.2 Å². The minimum Gasteiger partial charge on any atom is -0.271 e. The molecule has 74 valence electrons. The van der Waals surface area contributed by atoms with Crippen LogP contribution in [0.15, 0.2) is 32.7 Å². The summed E-state index contributed by atoms with van der Waals surface area (Å²) in [6.45, 7) is 0. The van der Waals surface area contributed by atoms with Crippen LogP contribution in [-0.2, 0) is 0 Å². The number of thiophene rings is 2. The van der Waals surface area contributed by atoms with E-state index in [1.807, 2.05) is 0 Å². The molecule has 0 fully saturated rings. The largest absolute Gasteiger partial charge is 0.271 e. The van der Waals surface area contributed by atoms with Gasteiger partial charge in [-0.05, 0) is 44.4 Å². The van der Waals surface area contributed by atoms with Crippen molar-refractivity contribution in [2.24, 2.45) is 5.84 Å². The summed E-state index contributed by atoms with van der Waals surface area (Å²) in [5, 5.41) is 6.23. The second kappa shape index (κ2) is 4.55. The van der Waals surface area contributed by atoms with E-state index in [-0.39, 0.29) is 6.04 Å². The number of hydrogen-bond acceptors (Lipinski definition) is 4. The van der Waals surface area contributed by atoms with Crippen molar-refractivity contribution >= 4 is 38.6 Å². The van der Waals surface area contributed by atoms with Crippen molar-refractivity contribution in [1.82, 2.24) is 5.43 Å². The van der Waals surface area contributed by atoms with Crippen molar-refractivity contribution < 1.29 is 0 Å². The third kappa shape index (κ3) is 2.07. The molecule has 0 aliphatic rings. The van der Waals surface area contributed by atoms with Crippen molar-refractivity contribution in [2.75, 3.05) is 0 Å². The molecule has 1 unspecified atom stereocenters. The molecule has 0 aliphatic carbocycles. The topological polar surface area (TPSA) is 38.0 Å². The summed E-state index contributed by atoms with van der Waals surface area (Å²) < 4.78 is 1.10. The Kier molecular flexibility index (Phi) is 3.35. The monoisotopic (exact) mass is 288 g/mol. The van der Waals surface area contributed by atoms with Crippen LogP contribution in [0.5, 0.6) is 0 Å². The van der Waals surface area contributed by atoms with Crippen LogP contribution in [0.25, 0.3) is 0 Å². The van der Waals surface area contributed by atoms with E-state index in [1.54, 1.807) is 22.7 Å². The van der Waals surface area contributed by atoms with Gasteiger partial charge in [0.05, 0.1) is 6.04 Å². The second-order valence-corrected chi connectivity index (χ2v) is 5.46. The molecule has 2 heterocycles. The molecule has 3 N–H and O–H groups in total. The van der Waals surface area contributed by atoms with Crippen LogP contribution >= 0.6 is 38.6 Å². The molecule has 2 nitrogen and oxygen atoms in total. The highest BCUT2D eigenvalue weighted by atomic mass is 79.9. The van der Waals surface area contributed by atoms with Gasteiger partial charge in [0, 0.05) is 14.7 Å². The molecule has 5 heteroatoms. The van der Waals surface area contributed by atoms with Gasteiger partial charge in [0.15, 0.2) is 0 Å². The Balaban J connectivity index is 2.31. The normalized spacial score (nSPS) is 13.0. The Morgan fingerprint density at radius 2 is 2.29 bits per heavy atom. The quantitative estimate of drug-likeness (QED) is 0.673. The first-order valence-electron chi connectivity index (χ1n) is 4.03. The lowest BCUT2D eigenvalue weighted by Gasteiger charge is -2.11. The molecule has 1 atom stereocenters. The molecule has 2 aromatic rings. The third-order valence-corrected chi connectivity index (χ3v) is 4.38. The highest BCUT2D eigenvalue weighted by Crippen LogP contribution is 2.30. The lowest BCUT2D eigenvalue weighted by Crippen LogP contribution is -2.27. The van der Waals surface area contributed by atoms with Crippen LogP contribution < -0.4 is 11.3 Å². The predicted molar refractivity (Wildman–Crippen MR) is 65.5 cm³/mol. The number of nitrogens with two attached hydrogens (primary N) is 1. The summed E-state index contributed by atoms with van der Waals surface area (Å²) >= 11 is 6.82. The zero-order valence-electron chi connectivity index (χ0n) is 7.24. The fraction of sp³-hybridized carbons (Fsp3) is 0.111. The maximum Gasteiger partial charge on any atom is 0.0810 e. The van der Waals surface area contributed by atoms with Gasteiger partial charge in [-0.1, -0.05) is 0 Å². The summed E-state index contributed by atoms with van der Waals surface area (Å²) in [5.41, 5.74) is 4.04. The molecular weight excluding hydrogens is 280 g/mol. The first-order chi connectivity index (χ1) is 6.81. The van der Waals surface area contributed by atoms with Gasteiger partial charge < -0.3 is 0 Å². The molecule has 0 aromatic carbocycles. The van der Waals surface area contributed by atoms with Gasteiger partial charge in [0.2, 0.25) is 0 Å². The molecule has 0 spiro atoms. The lowest BCUT2D eigenvalue weighted by molar-refractivity contribution is 0.648. The summed E-state index contributed by atoms with van der Waals surface area (Å²) in [6, 6.07) is 4.29. The minimum atomic E-state index is 0.109. The Labute approximate surface area is 98.9 Å². The number of rotatable bonds is 3. The van der Waals surface area contributed by atoms with E-state index < -0.39 is 0 Å². The molecule has 2 aromatic heterocycles. The van der Waals surface area contributed by atoms with E-state index in [0.29, 0.717) is 0 Å². The van der Waals surface area contributed by atoms with Gasteiger partial charge >= 0.3 is 0 Å². The van der Waals surface area contributed by atoms with E-state index in [4.69, 9.17) is 5.84 Å². The number of hydrogen-bond donors (Lipinski definition) is 2. The maximum absolute atomic E-state index is 5.55. The van der Waals surface area contributed by atoms with Crippen molar-refractivity contribution in [1.29, 1.82) is 0 Å². The molecule has 14 heavy (non-hydrogen) atoms. The van der Waals surface area contributed by atoms with E-state index in [2.05, 4.69) is 49.6 Å². The highest BCUT2D eigenvalue weighted by molar-refractivity contribution is 9.10. The number of nitrogens with one attached hydrogen (secondary N) is 1. The van der Waals surface area contributed by atoms with Crippen LogP contribution in [0.4, 0.5) is 0 Å². The van der Waals surface area contributed by atoms with Crippen LogP contribution in [0, 0.1) is 0 Å². The first kappa shape index (κ1) is 10.3. The fourth-order valence-corrected chi connectivity index (χ4v) is 3.48. The molecule has 0 aliphatic heterocycles. The van der Waals surface area contributed by atoms with Crippen LogP contribution in [0.2, 0.25) is 0 Å². The molecule has 0 saturated heterocycles. The predicted octanol–water partition coefficient (Wildman–Crippen LogP) is 3.12. The molecule has 0 saturated carbocycles. The van der Waals surface area contributed by atoms with Crippen molar-refractivity contribution in [2.45, 2.75) is 6.04 Å². The van der Waals surface area contributed by atoms with Crippen molar-refractivity contribution in [3.63, 3.8) is 0 Å². The SMILES string of the molecule is NNC(c1ccsc1)c1cc(Br)cs1. The zero-order chi connectivity index (χ0) is 9.97. The molecule has 0 bridgehead atoms. The summed E-state index contributed by atoms with van der Waals surface area (Å²) in [5.74, 6) is 5.55. The number of hydrazine groups is 1. The lowest BCUT2D eigenvalue weighted by atomic mass is 10.1. The third-order valence-electron chi connectivity index (χ3n) is 1.92. The minimum absolute atomic E-state index is 0.109. The summed E-state index contributed by atoms with van der Waals surface area (Å²) in [7, 11) is 0. The van der Waals surface area contributed by atoms with Gasteiger partial charge in [0.25, 0.3) is 0 Å². The van der Waals surface area contributed by atoms with E-state index >= 15 is 0 Å². The smallest absolute Gasteiger partial charge is 0.0810 e. The van der Waals surface area contributed by atoms with Gasteiger partial charge in [-0.15, -0.1) is 11.3 Å². The molecular formula is C9H9BrN2S2. The molecule has 0 amide bonds. The van der Waals surface area contributed by atoms with Crippen molar-refractivity contribution in [3.8, 4) is 0 Å². The van der Waals surface area contributed by atoms with Gasteiger partial charge in [-0.2, -0.15) is 11.3 Å². The van der Waals surface area contributed by atoms with Crippen LogP contribution in [-0.4, -0.2) is 0 Å². The fourth-order valence-electron chi connectivity index (χ4n) is 1.26. The second-order valence-electron chi connectivity index (χ2n) is 2.82. The Bertz CT molecular complexity index is 397. The van der Waals surface area contributed by atoms with E-state index in [0.717, 1.165) is 4.47 Å². The highest BCUT2D eigenvalue weighted by Gasteiger charge is 2.14. The van der Waals surface area contributed by atoms with Crippen LogP contribution in [0.1, 0.15) is 16.5 Å². The van der Waals surface area contributed by atoms with E-state index in [1.165, 1.54) is 10.4 Å². The Hall–Kier alpha value is -0.200. The first-order valence-corrected chi connectivity index (χ1v) is 6.65. The van der Waals surface area contributed by atoms with Gasteiger partial charge in [0.1, 0.15) is 0 Å². The number of halogens is 1. The average molecular weight is 289 g/mol. The standard InChI is InChI=1S/C9H9BrN2S2/c10-7-3-8(14-5-7)9(12-11)6-1-2-13-4-6/h1-5,9,12H,11H2. The molecule has 0 radical (unpaired) electrons. The van der Waals surface area contributed by atoms with E-state index in [9.17, 15) is 0 Å². The Morgan fingerprint density at radius 3 is 2.79 bits per heavy atom. The van der Waals surface area contributed by atoms with Gasteiger partial charge in [-0.25, -0.2) is 5.43 Å². The summed E-state index contributed by atoms with van der Waals surface area (Å²) in [6.07, 6.45) is 0. The maximum atomic E-state index is 5.55. The average Bonchev–Trinajstić information content (AvgIpc) is 2.79. The zero-order valence-corrected chi connectivity index (χ0v) is 10.5.